The van der Waals surface area contributed by atoms with Crippen LogP contribution in [0.2, 0.25) is 0 Å². The Morgan fingerprint density at radius 3 is 2.64 bits per heavy atom. The zero-order valence-electron chi connectivity index (χ0n) is 22.2. The molecule has 16 nitrogen and oxygen atoms in total. The van der Waals surface area contributed by atoms with E-state index in [9.17, 15) is 19.0 Å². The number of H-pyrrole nitrogens is 1. The maximum atomic E-state index is 15.8. The summed E-state index contributed by atoms with van der Waals surface area (Å²) in [5.74, 6) is 0.131. The number of aromatic amines is 1. The van der Waals surface area contributed by atoms with Crippen molar-refractivity contribution < 1.29 is 41.5 Å². The molecule has 6 heterocycles. The molecule has 10 atom stereocenters. The summed E-state index contributed by atoms with van der Waals surface area (Å²) < 4.78 is 82.4. The van der Waals surface area contributed by atoms with Gasteiger partial charge in [0.15, 0.2) is 24.1 Å². The van der Waals surface area contributed by atoms with Gasteiger partial charge in [0.25, 0.3) is 12.1 Å². The van der Waals surface area contributed by atoms with Crippen molar-refractivity contribution in [2.75, 3.05) is 24.7 Å². The fourth-order valence-corrected chi connectivity index (χ4v) is 8.89. The molecule has 2 aliphatic heterocycles. The number of pyridine rings is 1. The van der Waals surface area contributed by atoms with Crippen LogP contribution in [0.25, 0.3) is 22.1 Å². The zero-order valence-corrected chi connectivity index (χ0v) is 25.9. The second-order valence-electron chi connectivity index (χ2n) is 10.1. The molecular weight excluding hydrogens is 668 g/mol. The Hall–Kier alpha value is -2.54. The van der Waals surface area contributed by atoms with Gasteiger partial charge in [-0.15, -0.1) is 0 Å². The number of anilines is 2. The number of rotatable bonds is 9. The number of hydrogen-bond acceptors (Lipinski definition) is 13. The molecule has 2 aliphatic rings. The number of hydrogen-bond donors (Lipinski definition) is 6. The predicted octanol–water partition coefficient (Wildman–Crippen LogP) is 2.01. The maximum Gasteiger partial charge on any atom is 0.277 e. The van der Waals surface area contributed by atoms with Crippen molar-refractivity contribution in [2.45, 2.75) is 48.8 Å². The third kappa shape index (κ3) is 5.45. The highest BCUT2D eigenvalue weighted by Crippen LogP contribution is 2.64. The van der Waals surface area contributed by atoms with Gasteiger partial charge in [0.05, 0.1) is 30.4 Å². The lowest BCUT2D eigenvalue weighted by Gasteiger charge is -2.27. The maximum absolute atomic E-state index is 15.8. The van der Waals surface area contributed by atoms with Crippen molar-refractivity contribution in [3.63, 3.8) is 0 Å². The van der Waals surface area contributed by atoms with Crippen molar-refractivity contribution in [2.24, 2.45) is 0 Å². The molecule has 4 aromatic rings. The molecular formula is C22H26F2N8O8P2S2. The van der Waals surface area contributed by atoms with E-state index in [1.165, 1.54) is 34.1 Å². The lowest BCUT2D eigenvalue weighted by atomic mass is 10.1. The van der Waals surface area contributed by atoms with Crippen molar-refractivity contribution in [3.8, 4) is 0 Å². The molecule has 0 aliphatic carbocycles. The fourth-order valence-electron chi connectivity index (χ4n) is 5.46. The van der Waals surface area contributed by atoms with Crippen LogP contribution in [0.15, 0.2) is 35.8 Å². The number of fused-ring (bicyclic) bond motifs is 2. The Labute approximate surface area is 257 Å². The standard InChI is InChI=1S/C22H26F2N8O8P2S2/c23-13-10(4-33)38-22(32-7-29-15-9(32)3-12(25)30-20(15)34)17(13)42(36,44)37-5-11-16(40-41(35)43)14(24)21(39-11)31-2-1-8-18(26)27-6-28-19(8)31/h1-3,6-7,10-11,13-14,16-17,21-22,33,41H,4-5H2,(H,35,43)(H,36,44)(H3,25,30,34)(H2,26,27,28)/t10-,11-,13-,14+,16-,17-,21-,22-,42?/m1/s1. The molecule has 2 saturated heterocycles. The molecule has 0 radical (unpaired) electrons. The third-order valence-electron chi connectivity index (χ3n) is 7.46. The number of imidazole rings is 1. The molecule has 4 aromatic heterocycles. The van der Waals surface area contributed by atoms with Crippen molar-refractivity contribution in [3.05, 3.63) is 41.3 Å². The number of aliphatic hydroxyl groups excluding tert-OH is 1. The molecule has 0 spiro atoms. The smallest absolute Gasteiger partial charge is 0.277 e. The highest BCUT2D eigenvalue weighted by Gasteiger charge is 2.56. The number of nitrogens with two attached hydrogens (primary N) is 2. The summed E-state index contributed by atoms with van der Waals surface area (Å²) in [6, 6.07) is 2.91. The molecule has 6 rings (SSSR count). The SMILES string of the molecule is Nc1cc2c(ncn2[C@@H]2O[C@H](CO)[C@@H](F)[C@H]2P(=O)(S)OC[C@H]2O[C@@H](n3ccc4c(N)ncnc43)[C@@H](F)[C@@H]2O[PH](=O)S)c(=O)[nH]1. The molecule has 22 heteroatoms. The van der Waals surface area contributed by atoms with Crippen LogP contribution in [0.4, 0.5) is 20.4 Å². The molecule has 0 amide bonds. The van der Waals surface area contributed by atoms with E-state index >= 15 is 8.78 Å². The van der Waals surface area contributed by atoms with Crippen molar-refractivity contribution >= 4 is 72.0 Å². The average molecular weight is 695 g/mol. The quantitative estimate of drug-likeness (QED) is 0.109. The van der Waals surface area contributed by atoms with Gasteiger partial charge in [0.1, 0.15) is 53.8 Å². The Bertz CT molecular complexity index is 1850. The number of thiol groups is 2. The number of nitrogen functional groups attached to an aromatic ring is 2. The topological polar surface area (TPSA) is 225 Å². The minimum atomic E-state index is -4.38. The lowest BCUT2D eigenvalue weighted by Crippen LogP contribution is -2.34. The van der Waals surface area contributed by atoms with Crippen LogP contribution in [0.3, 0.4) is 0 Å². The van der Waals surface area contributed by atoms with E-state index in [2.05, 4.69) is 44.4 Å². The van der Waals surface area contributed by atoms with Gasteiger partial charge in [-0.1, -0.05) is 24.5 Å². The van der Waals surface area contributed by atoms with E-state index in [4.69, 9.17) is 30.0 Å². The normalized spacial score (nSPS) is 31.1. The summed E-state index contributed by atoms with van der Waals surface area (Å²) in [6.07, 6.45) is -7.23. The van der Waals surface area contributed by atoms with Gasteiger partial charge in [-0.05, 0) is 6.07 Å². The van der Waals surface area contributed by atoms with Gasteiger partial charge in [0, 0.05) is 12.3 Å². The number of aromatic nitrogens is 6. The third-order valence-corrected chi connectivity index (χ3v) is 11.2. The molecule has 2 unspecified atom stereocenters. The summed E-state index contributed by atoms with van der Waals surface area (Å²) in [4.78, 5) is 26.8. The fraction of sp³-hybridized carbons (Fsp3) is 0.455. The van der Waals surface area contributed by atoms with Crippen LogP contribution in [0, 0.1) is 0 Å². The van der Waals surface area contributed by atoms with Gasteiger partial charge in [-0.25, -0.2) is 23.7 Å². The molecule has 0 bridgehead atoms. The van der Waals surface area contributed by atoms with Gasteiger partial charge in [-0.3, -0.25) is 13.9 Å². The van der Waals surface area contributed by atoms with Crippen LogP contribution >= 0.6 is 38.3 Å². The number of halogens is 2. The predicted molar refractivity (Wildman–Crippen MR) is 161 cm³/mol. The van der Waals surface area contributed by atoms with Gasteiger partial charge >= 0.3 is 0 Å². The van der Waals surface area contributed by atoms with Crippen molar-refractivity contribution in [1.82, 2.24) is 29.1 Å². The second-order valence-corrected chi connectivity index (χ2v) is 15.6. The van der Waals surface area contributed by atoms with Gasteiger partial charge in [0.2, 0.25) is 7.23 Å². The van der Waals surface area contributed by atoms with Crippen LogP contribution in [0.5, 0.6) is 0 Å². The van der Waals surface area contributed by atoms with Crippen molar-refractivity contribution in [1.29, 1.82) is 0 Å². The average Bonchev–Trinajstić information content (AvgIpc) is 3.72. The van der Waals surface area contributed by atoms with Gasteiger partial charge < -0.3 is 49.2 Å². The number of aliphatic hydroxyl groups is 1. The first-order chi connectivity index (χ1) is 20.9. The monoisotopic (exact) mass is 694 g/mol. The first kappa shape index (κ1) is 31.4. The minimum Gasteiger partial charge on any atom is -0.394 e. The zero-order chi connectivity index (χ0) is 31.5. The molecule has 6 N–H and O–H groups in total. The van der Waals surface area contributed by atoms with E-state index in [0.29, 0.717) is 5.39 Å². The lowest BCUT2D eigenvalue weighted by molar-refractivity contribution is -0.0387. The highest BCUT2D eigenvalue weighted by atomic mass is 32.7. The Morgan fingerprint density at radius 1 is 1.16 bits per heavy atom. The Balaban J connectivity index is 1.29. The second kappa shape index (κ2) is 12.0. The summed E-state index contributed by atoms with van der Waals surface area (Å²) in [6.45, 7) is -5.81. The van der Waals surface area contributed by atoms with Crippen LogP contribution < -0.4 is 17.0 Å². The first-order valence-electron chi connectivity index (χ1n) is 12.9. The molecule has 2 fully saturated rings. The van der Waals surface area contributed by atoms with Crippen LogP contribution in [0.1, 0.15) is 12.5 Å². The molecule has 44 heavy (non-hydrogen) atoms. The Kier molecular flexibility index (Phi) is 8.57. The van der Waals surface area contributed by atoms with E-state index in [-0.39, 0.29) is 28.3 Å². The van der Waals surface area contributed by atoms with Crippen LogP contribution in [-0.2, 0) is 27.7 Å². The van der Waals surface area contributed by atoms with E-state index in [1.54, 1.807) is 6.07 Å². The highest BCUT2D eigenvalue weighted by molar-refractivity contribution is 8.46. The summed E-state index contributed by atoms with van der Waals surface area (Å²) in [7, 11) is -3.01. The summed E-state index contributed by atoms with van der Waals surface area (Å²) >= 11 is 7.96. The number of alkyl halides is 2. The van der Waals surface area contributed by atoms with Crippen LogP contribution in [-0.4, -0.2) is 83.7 Å². The molecule has 238 valence electrons. The molecule has 0 aromatic carbocycles. The Morgan fingerprint density at radius 2 is 1.91 bits per heavy atom. The summed E-state index contributed by atoms with van der Waals surface area (Å²) in [5, 5.41) is 10.2. The first-order valence-corrected chi connectivity index (χ1v) is 18.3. The largest absolute Gasteiger partial charge is 0.394 e. The molecule has 0 saturated carbocycles. The number of ether oxygens (including phenoxy) is 2. The number of nitrogens with zero attached hydrogens (tertiary/aromatic N) is 5. The summed E-state index contributed by atoms with van der Waals surface area (Å²) in [5.41, 5.74) is 9.72. The van der Waals surface area contributed by atoms with E-state index < -0.39 is 81.3 Å². The number of nitrogens with one attached hydrogen (secondary N) is 1. The van der Waals surface area contributed by atoms with E-state index in [1.807, 2.05) is 0 Å². The van der Waals surface area contributed by atoms with Gasteiger partial charge in [-0.2, -0.15) is 0 Å². The minimum absolute atomic E-state index is 0.0209. The van der Waals surface area contributed by atoms with E-state index in [0.717, 1.165) is 0 Å².